The predicted octanol–water partition coefficient (Wildman–Crippen LogP) is 2.85. The van der Waals surface area contributed by atoms with E-state index in [4.69, 9.17) is 0 Å². The second-order valence-electron chi connectivity index (χ2n) is 6.52. The Labute approximate surface area is 150 Å². The van der Waals surface area contributed by atoms with Gasteiger partial charge in [0.2, 0.25) is 0 Å². The number of carbonyl (C=O) groups excluding carboxylic acids is 1. The van der Waals surface area contributed by atoms with Gasteiger partial charge in [-0.05, 0) is 49.7 Å². The van der Waals surface area contributed by atoms with Gasteiger partial charge in [-0.1, -0.05) is 12.1 Å². The van der Waals surface area contributed by atoms with E-state index in [1.54, 1.807) is 50.5 Å². The summed E-state index contributed by atoms with van der Waals surface area (Å²) in [6.07, 6.45) is 3.27. The molecule has 26 heavy (non-hydrogen) atoms. The van der Waals surface area contributed by atoms with E-state index in [2.05, 4.69) is 20.5 Å². The average Bonchev–Trinajstić information content (AvgIpc) is 3.09. The van der Waals surface area contributed by atoms with E-state index in [9.17, 15) is 14.3 Å². The lowest BCUT2D eigenvalue weighted by molar-refractivity contribution is 0.0342. The maximum Gasteiger partial charge on any atom is 0.269 e. The van der Waals surface area contributed by atoms with Gasteiger partial charge in [0.05, 0.1) is 17.3 Å². The van der Waals surface area contributed by atoms with E-state index < -0.39 is 23.4 Å². The number of aliphatic hydroxyl groups is 1. The van der Waals surface area contributed by atoms with Crippen molar-refractivity contribution in [3.63, 3.8) is 0 Å². The Morgan fingerprint density at radius 3 is 2.62 bits per heavy atom. The lowest BCUT2D eigenvalue weighted by Crippen LogP contribution is -2.42. The number of aromatic nitrogens is 3. The molecule has 7 heteroatoms. The minimum atomic E-state index is -1.29. The Bertz CT molecular complexity index is 903. The number of aromatic amines is 1. The molecule has 2 aromatic heterocycles. The molecule has 3 N–H and O–H groups in total. The molecule has 0 aliphatic carbocycles. The molecular formula is C19H19FN4O2. The molecular weight excluding hydrogens is 335 g/mol. The van der Waals surface area contributed by atoms with E-state index in [0.29, 0.717) is 11.3 Å². The number of carbonyl (C=O) groups is 1. The molecule has 1 unspecified atom stereocenters. The summed E-state index contributed by atoms with van der Waals surface area (Å²) in [7, 11) is 0. The Balaban J connectivity index is 1.84. The molecule has 134 valence electrons. The molecule has 6 nitrogen and oxygen atoms in total. The second-order valence-corrected chi connectivity index (χ2v) is 6.52. The van der Waals surface area contributed by atoms with E-state index in [-0.39, 0.29) is 5.69 Å². The molecule has 0 spiro atoms. The Kier molecular flexibility index (Phi) is 4.81. The van der Waals surface area contributed by atoms with Gasteiger partial charge in [0.25, 0.3) is 5.91 Å². The molecule has 2 heterocycles. The number of nitrogens with zero attached hydrogens (tertiary/aromatic N) is 2. The quantitative estimate of drug-likeness (QED) is 0.657. The molecule has 0 aliphatic heterocycles. The number of benzene rings is 1. The molecule has 0 bridgehead atoms. The van der Waals surface area contributed by atoms with Crippen LogP contribution in [0.2, 0.25) is 0 Å². The lowest BCUT2D eigenvalue weighted by atomic mass is 9.91. The number of halogens is 1. The molecule has 0 saturated heterocycles. The topological polar surface area (TPSA) is 90.9 Å². The zero-order valence-electron chi connectivity index (χ0n) is 14.4. The van der Waals surface area contributed by atoms with Crippen molar-refractivity contribution in [2.45, 2.75) is 25.5 Å². The van der Waals surface area contributed by atoms with Crippen LogP contribution in [0.15, 0.2) is 54.9 Å². The Hall–Kier alpha value is -3.06. The predicted molar refractivity (Wildman–Crippen MR) is 94.7 cm³/mol. The fourth-order valence-corrected chi connectivity index (χ4v) is 2.67. The molecule has 3 rings (SSSR count). The number of pyridine rings is 1. The van der Waals surface area contributed by atoms with Crippen molar-refractivity contribution in [2.24, 2.45) is 0 Å². The number of rotatable bonds is 5. The molecule has 1 aromatic carbocycles. The maximum atomic E-state index is 13.6. The maximum absolute atomic E-state index is 13.6. The van der Waals surface area contributed by atoms with Crippen LogP contribution in [0, 0.1) is 5.82 Å². The molecule has 0 aliphatic rings. The largest absolute Gasteiger partial charge is 0.388 e. The van der Waals surface area contributed by atoms with Crippen LogP contribution < -0.4 is 5.32 Å². The standard InChI is InChI=1S/C19H19FN4O2/c1-19(2,26)17(13-4-3-5-14(20)10-13)22-18(25)16-11-15(23-24-16)12-6-8-21-9-7-12/h3-11,17,26H,1-2H3,(H,22,25)(H,23,24). The summed E-state index contributed by atoms with van der Waals surface area (Å²) in [5.41, 5.74) is 0.835. The number of hydrogen-bond donors (Lipinski definition) is 3. The zero-order chi connectivity index (χ0) is 18.7. The fourth-order valence-electron chi connectivity index (χ4n) is 2.67. The zero-order valence-corrected chi connectivity index (χ0v) is 14.4. The van der Waals surface area contributed by atoms with Crippen LogP contribution in [0.4, 0.5) is 4.39 Å². The highest BCUT2D eigenvalue weighted by Crippen LogP contribution is 2.26. The van der Waals surface area contributed by atoms with E-state index >= 15 is 0 Å². The SMILES string of the molecule is CC(C)(O)C(NC(=O)c1cc(-c2ccncc2)n[nH]1)c1cccc(F)c1. The monoisotopic (exact) mass is 354 g/mol. The highest BCUT2D eigenvalue weighted by atomic mass is 19.1. The highest BCUT2D eigenvalue weighted by Gasteiger charge is 2.31. The van der Waals surface area contributed by atoms with Gasteiger partial charge in [-0.3, -0.25) is 14.9 Å². The van der Waals surface area contributed by atoms with Crippen molar-refractivity contribution >= 4 is 5.91 Å². The van der Waals surface area contributed by atoms with Gasteiger partial charge in [-0.25, -0.2) is 4.39 Å². The third kappa shape index (κ3) is 3.94. The molecule has 0 radical (unpaired) electrons. The van der Waals surface area contributed by atoms with Gasteiger partial charge in [0.1, 0.15) is 11.5 Å². The van der Waals surface area contributed by atoms with Crippen LogP contribution in [0.5, 0.6) is 0 Å². The number of hydrogen-bond acceptors (Lipinski definition) is 4. The first-order valence-electron chi connectivity index (χ1n) is 8.09. The van der Waals surface area contributed by atoms with Crippen molar-refractivity contribution in [3.05, 3.63) is 71.9 Å². The second kappa shape index (κ2) is 7.05. The average molecular weight is 354 g/mol. The Morgan fingerprint density at radius 2 is 1.96 bits per heavy atom. The van der Waals surface area contributed by atoms with Crippen LogP contribution in [0.1, 0.15) is 35.9 Å². The third-order valence-electron chi connectivity index (χ3n) is 3.96. The van der Waals surface area contributed by atoms with Crippen molar-refractivity contribution < 1.29 is 14.3 Å². The number of amides is 1. The first-order valence-corrected chi connectivity index (χ1v) is 8.09. The van der Waals surface area contributed by atoms with E-state index in [0.717, 1.165) is 5.56 Å². The summed E-state index contributed by atoms with van der Waals surface area (Å²) in [6.45, 7) is 3.11. The molecule has 1 atom stereocenters. The van der Waals surface area contributed by atoms with Crippen LogP contribution in [0.3, 0.4) is 0 Å². The van der Waals surface area contributed by atoms with Crippen LogP contribution in [-0.2, 0) is 0 Å². The summed E-state index contributed by atoms with van der Waals surface area (Å²) in [5, 5.41) is 20.0. The van der Waals surface area contributed by atoms with Gasteiger partial charge in [0.15, 0.2) is 0 Å². The van der Waals surface area contributed by atoms with Crippen molar-refractivity contribution in [3.8, 4) is 11.3 Å². The van der Waals surface area contributed by atoms with E-state index in [1.807, 2.05) is 0 Å². The smallest absolute Gasteiger partial charge is 0.269 e. The van der Waals surface area contributed by atoms with Gasteiger partial charge < -0.3 is 10.4 Å². The van der Waals surface area contributed by atoms with Gasteiger partial charge in [0, 0.05) is 18.0 Å². The first-order chi connectivity index (χ1) is 12.3. The van der Waals surface area contributed by atoms with Crippen LogP contribution in [0.25, 0.3) is 11.3 Å². The van der Waals surface area contributed by atoms with Gasteiger partial charge in [-0.15, -0.1) is 0 Å². The summed E-state index contributed by atoms with van der Waals surface area (Å²) in [5.74, 6) is -0.887. The summed E-state index contributed by atoms with van der Waals surface area (Å²) in [4.78, 5) is 16.5. The molecule has 0 saturated carbocycles. The fraction of sp³-hybridized carbons (Fsp3) is 0.211. The molecule has 1 amide bonds. The minimum Gasteiger partial charge on any atom is -0.388 e. The van der Waals surface area contributed by atoms with Gasteiger partial charge in [-0.2, -0.15) is 5.10 Å². The summed E-state index contributed by atoms with van der Waals surface area (Å²) < 4.78 is 13.6. The normalized spacial score (nSPS) is 12.6. The van der Waals surface area contributed by atoms with E-state index in [1.165, 1.54) is 18.2 Å². The minimum absolute atomic E-state index is 0.238. The van der Waals surface area contributed by atoms with Crippen LogP contribution >= 0.6 is 0 Å². The lowest BCUT2D eigenvalue weighted by Gasteiger charge is -2.30. The van der Waals surface area contributed by atoms with Crippen molar-refractivity contribution in [2.75, 3.05) is 0 Å². The van der Waals surface area contributed by atoms with Gasteiger partial charge >= 0.3 is 0 Å². The first kappa shape index (κ1) is 17.8. The highest BCUT2D eigenvalue weighted by molar-refractivity contribution is 5.93. The summed E-state index contributed by atoms with van der Waals surface area (Å²) in [6, 6.07) is 10.2. The number of nitrogens with one attached hydrogen (secondary N) is 2. The van der Waals surface area contributed by atoms with Crippen LogP contribution in [-0.4, -0.2) is 31.8 Å². The molecule has 0 fully saturated rings. The third-order valence-corrected chi connectivity index (χ3v) is 3.96. The van der Waals surface area contributed by atoms with Crippen molar-refractivity contribution in [1.29, 1.82) is 0 Å². The van der Waals surface area contributed by atoms with Crippen molar-refractivity contribution in [1.82, 2.24) is 20.5 Å². The molecule has 3 aromatic rings. The number of H-pyrrole nitrogens is 1. The summed E-state index contributed by atoms with van der Waals surface area (Å²) >= 11 is 0. The Morgan fingerprint density at radius 1 is 1.23 bits per heavy atom.